The summed E-state index contributed by atoms with van der Waals surface area (Å²) in [6, 6.07) is 40.1. The van der Waals surface area contributed by atoms with Gasteiger partial charge in [-0.1, -0.05) is 109 Å². The molecule has 12 heteroatoms. The van der Waals surface area contributed by atoms with Gasteiger partial charge in [0.05, 0.1) is 31.5 Å². The second kappa shape index (κ2) is 14.6. The highest BCUT2D eigenvalue weighted by Gasteiger charge is 2.35. The molecule has 0 bridgehead atoms. The Morgan fingerprint density at radius 3 is 1.56 bits per heavy atom. The molecule has 62 heavy (non-hydrogen) atoms. The summed E-state index contributed by atoms with van der Waals surface area (Å²) in [5.41, 5.74) is 6.49. The number of nitrogens with zero attached hydrogens (tertiary/aromatic N) is 2. The molecule has 300 valence electrons. The lowest BCUT2D eigenvalue weighted by Gasteiger charge is -2.09. The molecule has 5 aromatic carbocycles. The third-order valence-electron chi connectivity index (χ3n) is 11.3. The van der Waals surface area contributed by atoms with Gasteiger partial charge in [-0.25, -0.2) is 18.7 Å². The fourth-order valence-electron chi connectivity index (χ4n) is 8.46. The number of aliphatic hydroxyl groups excluding tert-OH is 1. The highest BCUT2D eigenvalue weighted by molar-refractivity contribution is 7.21. The Hall–Kier alpha value is -7.51. The standard InChI is InChI=1S/C50H30N2O8S2/c53-43-33-17-9-7-15-31(33)35(45(43)55)19-29-21-41-47(61-29)37-24-40-38(23-39(37)51(41)49(57)59-25-27-11-3-1-4-12-27)48-42(52(40)50(58)60-26-28-13-5-2-6-14-28)22-30(62-48)20-36-32-16-8-10-18-34(32)44(54)46(36)56/h1-24,45,55H,25-26H2/b35-19-,36-20-. The third-order valence-corrected chi connectivity index (χ3v) is 13.6. The van der Waals surface area contributed by atoms with E-state index in [9.17, 15) is 29.1 Å². The van der Waals surface area contributed by atoms with Crippen LogP contribution in [0.4, 0.5) is 9.59 Å². The Morgan fingerprint density at radius 2 is 1.02 bits per heavy atom. The monoisotopic (exact) mass is 850 g/mol. The molecule has 4 aromatic heterocycles. The number of hydrogen-bond donors (Lipinski definition) is 1. The van der Waals surface area contributed by atoms with Crippen LogP contribution in [-0.2, 0) is 27.5 Å². The van der Waals surface area contributed by atoms with E-state index in [0.717, 1.165) is 15.8 Å². The summed E-state index contributed by atoms with van der Waals surface area (Å²) in [5, 5.41) is 12.3. The predicted octanol–water partition coefficient (Wildman–Crippen LogP) is 10.8. The Bertz CT molecular complexity index is 3480. The molecular weight excluding hydrogens is 821 g/mol. The highest BCUT2D eigenvalue weighted by atomic mass is 32.1. The molecule has 11 rings (SSSR count). The summed E-state index contributed by atoms with van der Waals surface area (Å²) in [5.74, 6) is -1.53. The number of hydrogen-bond acceptors (Lipinski definition) is 10. The lowest BCUT2D eigenvalue weighted by molar-refractivity contribution is -0.109. The molecule has 0 amide bonds. The van der Waals surface area contributed by atoms with Gasteiger partial charge in [0.25, 0.3) is 0 Å². The van der Waals surface area contributed by atoms with E-state index >= 15 is 0 Å². The highest BCUT2D eigenvalue weighted by Crippen LogP contribution is 2.45. The van der Waals surface area contributed by atoms with Gasteiger partial charge in [0.1, 0.15) is 19.3 Å². The average molecular weight is 851 g/mol. The number of carbonyl (C=O) groups excluding carboxylic acids is 5. The van der Waals surface area contributed by atoms with Crippen LogP contribution >= 0.6 is 22.7 Å². The van der Waals surface area contributed by atoms with Crippen LogP contribution in [0.15, 0.2) is 133 Å². The van der Waals surface area contributed by atoms with Crippen molar-refractivity contribution in [3.63, 3.8) is 0 Å². The van der Waals surface area contributed by atoms with Gasteiger partial charge in [-0.05, 0) is 64.2 Å². The second-order valence-electron chi connectivity index (χ2n) is 15.0. The number of allylic oxidation sites excluding steroid dienone is 1. The molecule has 10 nitrogen and oxygen atoms in total. The summed E-state index contributed by atoms with van der Waals surface area (Å²) in [4.78, 5) is 69.0. The van der Waals surface area contributed by atoms with Crippen LogP contribution in [0.3, 0.4) is 0 Å². The number of Topliss-reactive ketones (excluding diaryl/α,β-unsaturated/α-hetero) is 3. The zero-order valence-electron chi connectivity index (χ0n) is 32.4. The summed E-state index contributed by atoms with van der Waals surface area (Å²) >= 11 is 2.73. The maximum absolute atomic E-state index is 14.3. The number of carbonyl (C=O) groups is 5. The Morgan fingerprint density at radius 1 is 0.548 bits per heavy atom. The van der Waals surface area contributed by atoms with Crippen molar-refractivity contribution in [2.75, 3.05) is 0 Å². The first-order valence-electron chi connectivity index (χ1n) is 19.6. The number of benzene rings is 5. The minimum atomic E-state index is -1.33. The SMILES string of the molecule is O=C1C(=O)c2ccccc2/C1=C/c1cc2c(s1)c1cc3c(cc1n2C(=O)OCc1ccccc1)c1sc(/C=C2/c4ccccc4C(=O)C2O)cc1n3C(=O)OCc1ccccc1. The summed E-state index contributed by atoms with van der Waals surface area (Å²) in [6.07, 6.45) is 0.882. The van der Waals surface area contributed by atoms with E-state index in [1.54, 1.807) is 60.7 Å². The van der Waals surface area contributed by atoms with Gasteiger partial charge < -0.3 is 14.6 Å². The minimum Gasteiger partial charge on any atom is -0.444 e. The largest absolute Gasteiger partial charge is 0.444 e. The van der Waals surface area contributed by atoms with E-state index in [-0.39, 0.29) is 24.6 Å². The molecular formula is C50H30N2O8S2. The van der Waals surface area contributed by atoms with Crippen molar-refractivity contribution in [1.29, 1.82) is 0 Å². The maximum Gasteiger partial charge on any atom is 0.419 e. The Kier molecular flexibility index (Phi) is 8.82. The van der Waals surface area contributed by atoms with E-state index in [2.05, 4.69) is 0 Å². The number of rotatable bonds is 6. The van der Waals surface area contributed by atoms with Gasteiger partial charge in [-0.3, -0.25) is 14.4 Å². The van der Waals surface area contributed by atoms with E-state index in [0.29, 0.717) is 75.1 Å². The normalized spacial score (nSPS) is 16.1. The number of fused-ring (bicyclic) bond motifs is 8. The molecule has 4 heterocycles. The maximum atomic E-state index is 14.3. The average Bonchev–Trinajstić information content (AvgIpc) is 4.12. The van der Waals surface area contributed by atoms with Gasteiger partial charge in [-0.15, -0.1) is 22.7 Å². The Labute approximate surface area is 359 Å². The van der Waals surface area contributed by atoms with Crippen molar-refractivity contribution in [1.82, 2.24) is 9.13 Å². The van der Waals surface area contributed by atoms with Crippen molar-refractivity contribution in [3.05, 3.63) is 177 Å². The number of aromatic nitrogens is 2. The summed E-state index contributed by atoms with van der Waals surface area (Å²) in [6.45, 7) is 0.0439. The Balaban J connectivity index is 1.11. The van der Waals surface area contributed by atoms with Crippen LogP contribution < -0.4 is 0 Å². The van der Waals surface area contributed by atoms with Crippen LogP contribution in [0.5, 0.6) is 0 Å². The minimum absolute atomic E-state index is 0.0197. The zero-order valence-corrected chi connectivity index (χ0v) is 34.0. The van der Waals surface area contributed by atoms with Gasteiger partial charge in [0, 0.05) is 37.2 Å². The third kappa shape index (κ3) is 5.98. The van der Waals surface area contributed by atoms with Crippen LogP contribution in [-0.4, -0.2) is 49.9 Å². The molecule has 2 aliphatic carbocycles. The van der Waals surface area contributed by atoms with Crippen molar-refractivity contribution in [2.45, 2.75) is 19.3 Å². The first-order valence-corrected chi connectivity index (χ1v) is 21.3. The van der Waals surface area contributed by atoms with Crippen molar-refractivity contribution in [3.8, 4) is 0 Å². The molecule has 1 N–H and O–H groups in total. The van der Waals surface area contributed by atoms with Crippen molar-refractivity contribution < 1.29 is 38.6 Å². The van der Waals surface area contributed by atoms with Crippen LogP contribution in [0.1, 0.15) is 52.7 Å². The predicted molar refractivity (Wildman–Crippen MR) is 241 cm³/mol. The van der Waals surface area contributed by atoms with E-state index in [1.165, 1.54) is 31.8 Å². The van der Waals surface area contributed by atoms with Crippen molar-refractivity contribution in [2.24, 2.45) is 0 Å². The first-order chi connectivity index (χ1) is 30.2. The molecule has 1 unspecified atom stereocenters. The fourth-order valence-corrected chi connectivity index (χ4v) is 10.7. The van der Waals surface area contributed by atoms with E-state index in [1.807, 2.05) is 84.9 Å². The number of ketones is 3. The molecule has 0 fully saturated rings. The van der Waals surface area contributed by atoms with Crippen LogP contribution in [0, 0.1) is 0 Å². The van der Waals surface area contributed by atoms with Gasteiger partial charge >= 0.3 is 12.2 Å². The van der Waals surface area contributed by atoms with Gasteiger partial charge in [0.15, 0.2) is 5.78 Å². The number of ether oxygens (including phenoxy) is 2. The van der Waals surface area contributed by atoms with Crippen LogP contribution in [0.2, 0.25) is 0 Å². The molecule has 2 aliphatic rings. The number of thiophene rings is 2. The molecule has 1 atom stereocenters. The number of aliphatic hydroxyl groups is 1. The topological polar surface area (TPSA) is 134 Å². The van der Waals surface area contributed by atoms with Crippen molar-refractivity contribution >= 4 is 118 Å². The first kappa shape index (κ1) is 37.5. The lowest BCUT2D eigenvalue weighted by atomic mass is 10.1. The lowest BCUT2D eigenvalue weighted by Crippen LogP contribution is -2.14. The van der Waals surface area contributed by atoms with E-state index in [4.69, 9.17) is 9.47 Å². The molecule has 9 aromatic rings. The molecule has 0 radical (unpaired) electrons. The van der Waals surface area contributed by atoms with Gasteiger partial charge in [0.2, 0.25) is 11.6 Å². The zero-order chi connectivity index (χ0) is 42.2. The summed E-state index contributed by atoms with van der Waals surface area (Å²) in [7, 11) is 0. The molecule has 0 saturated heterocycles. The fraction of sp³-hybridized carbons (Fsp3) is 0.0600. The molecule has 0 saturated carbocycles. The molecule has 0 spiro atoms. The second-order valence-corrected chi connectivity index (χ2v) is 17.2. The quantitative estimate of drug-likeness (QED) is 0.129. The molecule has 0 aliphatic heterocycles. The summed E-state index contributed by atoms with van der Waals surface area (Å²) < 4.78 is 16.3. The smallest absolute Gasteiger partial charge is 0.419 e. The van der Waals surface area contributed by atoms with E-state index < -0.39 is 29.9 Å². The van der Waals surface area contributed by atoms with Crippen LogP contribution in [0.25, 0.3) is 65.5 Å². The van der Waals surface area contributed by atoms with Gasteiger partial charge in [-0.2, -0.15) is 0 Å².